The number of nitrogens with zero attached hydrogens (tertiary/aromatic N) is 1. The van der Waals surface area contributed by atoms with Gasteiger partial charge in [0.2, 0.25) is 5.91 Å². The minimum Gasteiger partial charge on any atom is -0.372 e. The molecule has 0 saturated carbocycles. The van der Waals surface area contributed by atoms with Gasteiger partial charge in [0.25, 0.3) is 0 Å². The van der Waals surface area contributed by atoms with E-state index in [1.807, 2.05) is 44.2 Å². The fourth-order valence-electron chi connectivity index (χ4n) is 3.52. The van der Waals surface area contributed by atoms with Gasteiger partial charge in [-0.25, -0.2) is 0 Å². The Morgan fingerprint density at radius 2 is 1.63 bits per heavy atom. The van der Waals surface area contributed by atoms with Crippen LogP contribution >= 0.6 is 0 Å². The monoisotopic (exact) mass is 365 g/mol. The van der Waals surface area contributed by atoms with E-state index in [1.165, 1.54) is 18.5 Å². The third kappa shape index (κ3) is 5.25. The average molecular weight is 366 g/mol. The predicted octanol–water partition coefficient (Wildman–Crippen LogP) is 4.60. The lowest BCUT2D eigenvalue weighted by Crippen LogP contribution is -2.37. The third-order valence-electron chi connectivity index (χ3n) is 5.15. The van der Waals surface area contributed by atoms with Crippen molar-refractivity contribution in [2.24, 2.45) is 5.92 Å². The molecule has 1 atom stereocenters. The predicted molar refractivity (Wildman–Crippen MR) is 113 cm³/mol. The molecule has 1 amide bonds. The zero-order valence-electron chi connectivity index (χ0n) is 16.6. The molecular weight excluding hydrogens is 334 g/mol. The molecule has 0 radical (unpaired) electrons. The van der Waals surface area contributed by atoms with Crippen LogP contribution < -0.4 is 15.5 Å². The van der Waals surface area contributed by atoms with Crippen LogP contribution in [0.4, 0.5) is 11.4 Å². The first kappa shape index (κ1) is 19.3. The number of anilines is 2. The molecule has 1 aliphatic rings. The number of hydrogen-bond acceptors (Lipinski definition) is 3. The Bertz CT molecular complexity index is 719. The average Bonchev–Trinajstić information content (AvgIpc) is 2.67. The van der Waals surface area contributed by atoms with E-state index in [9.17, 15) is 4.79 Å². The largest absolute Gasteiger partial charge is 0.372 e. The van der Waals surface area contributed by atoms with Crippen LogP contribution in [0.3, 0.4) is 0 Å². The molecule has 144 valence electrons. The molecule has 0 spiro atoms. The van der Waals surface area contributed by atoms with Crippen molar-refractivity contribution in [2.45, 2.75) is 45.7 Å². The molecule has 4 heteroatoms. The summed E-state index contributed by atoms with van der Waals surface area (Å²) in [5, 5.41) is 6.43. The Labute approximate surface area is 163 Å². The fourth-order valence-corrected chi connectivity index (χ4v) is 3.52. The smallest absolute Gasteiger partial charge is 0.247 e. The molecule has 1 unspecified atom stereocenters. The zero-order chi connectivity index (χ0) is 19.2. The second-order valence-corrected chi connectivity index (χ2v) is 7.87. The SMILES string of the molecule is CC1CCN(c2ccc(NC(C(=O)NC(C)C)c3ccccc3)cc2)CC1. The zero-order valence-corrected chi connectivity index (χ0v) is 16.6. The Morgan fingerprint density at radius 3 is 2.22 bits per heavy atom. The molecule has 3 rings (SSSR count). The molecule has 2 aromatic rings. The molecule has 0 bridgehead atoms. The van der Waals surface area contributed by atoms with Crippen molar-refractivity contribution in [1.29, 1.82) is 0 Å². The van der Waals surface area contributed by atoms with Gasteiger partial charge in [-0.3, -0.25) is 4.79 Å². The van der Waals surface area contributed by atoms with Crippen molar-refractivity contribution >= 4 is 17.3 Å². The summed E-state index contributed by atoms with van der Waals surface area (Å²) < 4.78 is 0. The van der Waals surface area contributed by atoms with Crippen molar-refractivity contribution in [2.75, 3.05) is 23.3 Å². The van der Waals surface area contributed by atoms with Crippen molar-refractivity contribution in [3.8, 4) is 0 Å². The molecule has 0 aromatic heterocycles. The van der Waals surface area contributed by atoms with Gasteiger partial charge in [-0.2, -0.15) is 0 Å². The van der Waals surface area contributed by atoms with Crippen LogP contribution in [0, 0.1) is 5.92 Å². The van der Waals surface area contributed by atoms with E-state index in [1.54, 1.807) is 0 Å². The van der Waals surface area contributed by atoms with Crippen LogP contribution in [-0.4, -0.2) is 25.0 Å². The molecule has 1 saturated heterocycles. The van der Waals surface area contributed by atoms with Crippen LogP contribution in [0.1, 0.15) is 45.2 Å². The summed E-state index contributed by atoms with van der Waals surface area (Å²) in [6, 6.07) is 18.0. The number of nitrogens with one attached hydrogen (secondary N) is 2. The number of carbonyl (C=O) groups is 1. The first-order valence-electron chi connectivity index (χ1n) is 10.00. The summed E-state index contributed by atoms with van der Waals surface area (Å²) in [6.45, 7) is 8.54. The second kappa shape index (κ2) is 8.94. The molecule has 27 heavy (non-hydrogen) atoms. The topological polar surface area (TPSA) is 44.4 Å². The fraction of sp³-hybridized carbons (Fsp3) is 0.435. The molecule has 1 heterocycles. The standard InChI is InChI=1S/C23H31N3O/c1-17(2)24-23(27)22(19-7-5-4-6-8-19)25-20-9-11-21(12-10-20)26-15-13-18(3)14-16-26/h4-12,17-18,22,25H,13-16H2,1-3H3,(H,24,27). The highest BCUT2D eigenvalue weighted by molar-refractivity contribution is 5.86. The molecule has 2 aromatic carbocycles. The Morgan fingerprint density at radius 1 is 1.00 bits per heavy atom. The maximum absolute atomic E-state index is 12.7. The van der Waals surface area contributed by atoms with Gasteiger partial charge in [-0.05, 0) is 62.4 Å². The van der Waals surface area contributed by atoms with E-state index in [-0.39, 0.29) is 11.9 Å². The summed E-state index contributed by atoms with van der Waals surface area (Å²) in [5.41, 5.74) is 3.18. The van der Waals surface area contributed by atoms with Crippen molar-refractivity contribution in [3.63, 3.8) is 0 Å². The lowest BCUT2D eigenvalue weighted by atomic mass is 9.99. The van der Waals surface area contributed by atoms with E-state index >= 15 is 0 Å². The van der Waals surface area contributed by atoms with Crippen LogP contribution in [0.5, 0.6) is 0 Å². The highest BCUT2D eigenvalue weighted by Crippen LogP contribution is 2.26. The Balaban J connectivity index is 1.72. The molecule has 4 nitrogen and oxygen atoms in total. The first-order valence-corrected chi connectivity index (χ1v) is 10.00. The maximum atomic E-state index is 12.7. The van der Waals surface area contributed by atoms with Crippen LogP contribution in [-0.2, 0) is 4.79 Å². The normalized spacial score (nSPS) is 16.2. The van der Waals surface area contributed by atoms with E-state index in [0.29, 0.717) is 0 Å². The highest BCUT2D eigenvalue weighted by atomic mass is 16.2. The first-order chi connectivity index (χ1) is 13.0. The number of carbonyl (C=O) groups excluding carboxylic acids is 1. The third-order valence-corrected chi connectivity index (χ3v) is 5.15. The van der Waals surface area contributed by atoms with E-state index in [2.05, 4.69) is 46.7 Å². The lowest BCUT2D eigenvalue weighted by Gasteiger charge is -2.32. The van der Waals surface area contributed by atoms with Crippen molar-refractivity contribution < 1.29 is 4.79 Å². The van der Waals surface area contributed by atoms with Gasteiger partial charge < -0.3 is 15.5 Å². The van der Waals surface area contributed by atoms with Gasteiger partial charge in [0.15, 0.2) is 0 Å². The van der Waals surface area contributed by atoms with Crippen molar-refractivity contribution in [3.05, 3.63) is 60.2 Å². The van der Waals surface area contributed by atoms with Crippen LogP contribution in [0.25, 0.3) is 0 Å². The van der Waals surface area contributed by atoms with Gasteiger partial charge in [0, 0.05) is 30.5 Å². The van der Waals surface area contributed by atoms with Gasteiger partial charge in [-0.1, -0.05) is 37.3 Å². The summed E-state index contributed by atoms with van der Waals surface area (Å²) in [7, 11) is 0. The number of benzene rings is 2. The number of hydrogen-bond donors (Lipinski definition) is 2. The van der Waals surface area contributed by atoms with E-state index in [4.69, 9.17) is 0 Å². The number of piperidine rings is 1. The van der Waals surface area contributed by atoms with Gasteiger partial charge >= 0.3 is 0 Å². The summed E-state index contributed by atoms with van der Waals surface area (Å²) >= 11 is 0. The lowest BCUT2D eigenvalue weighted by molar-refractivity contribution is -0.122. The Kier molecular flexibility index (Phi) is 6.38. The number of rotatable bonds is 6. The van der Waals surface area contributed by atoms with Gasteiger partial charge in [0.05, 0.1) is 0 Å². The Hall–Kier alpha value is -2.49. The van der Waals surface area contributed by atoms with Crippen LogP contribution in [0.2, 0.25) is 0 Å². The quantitative estimate of drug-likeness (QED) is 0.786. The minimum absolute atomic E-state index is 0.00899. The van der Waals surface area contributed by atoms with E-state index < -0.39 is 6.04 Å². The van der Waals surface area contributed by atoms with Crippen molar-refractivity contribution in [1.82, 2.24) is 5.32 Å². The minimum atomic E-state index is -0.407. The van der Waals surface area contributed by atoms with E-state index in [0.717, 1.165) is 30.3 Å². The number of amides is 1. The van der Waals surface area contributed by atoms with Crippen LogP contribution in [0.15, 0.2) is 54.6 Å². The molecule has 1 fully saturated rings. The molecule has 2 N–H and O–H groups in total. The highest BCUT2D eigenvalue weighted by Gasteiger charge is 2.21. The summed E-state index contributed by atoms with van der Waals surface area (Å²) in [6.07, 6.45) is 2.51. The molecule has 0 aliphatic carbocycles. The second-order valence-electron chi connectivity index (χ2n) is 7.87. The molecular formula is C23H31N3O. The van der Waals surface area contributed by atoms with Gasteiger partial charge in [0.1, 0.15) is 6.04 Å². The summed E-state index contributed by atoms with van der Waals surface area (Å²) in [5.74, 6) is 0.818. The maximum Gasteiger partial charge on any atom is 0.247 e. The van der Waals surface area contributed by atoms with Gasteiger partial charge in [-0.15, -0.1) is 0 Å². The summed E-state index contributed by atoms with van der Waals surface area (Å²) in [4.78, 5) is 15.2. The molecule has 1 aliphatic heterocycles.